The van der Waals surface area contributed by atoms with Gasteiger partial charge in [0.1, 0.15) is 17.3 Å². The first-order chi connectivity index (χ1) is 15.6. The van der Waals surface area contributed by atoms with Crippen LogP contribution >= 0.6 is 11.3 Å². The summed E-state index contributed by atoms with van der Waals surface area (Å²) in [5.74, 6) is -1.77. The van der Waals surface area contributed by atoms with E-state index >= 15 is 0 Å². The van der Waals surface area contributed by atoms with Crippen molar-refractivity contribution < 1.29 is 27.2 Å². The van der Waals surface area contributed by atoms with E-state index in [1.54, 1.807) is 11.9 Å². The van der Waals surface area contributed by atoms with Crippen molar-refractivity contribution in [3.63, 3.8) is 0 Å². The van der Waals surface area contributed by atoms with Crippen molar-refractivity contribution in [1.29, 1.82) is 0 Å². The second kappa shape index (κ2) is 8.35. The number of nitrogens with two attached hydrogens (primary N) is 1. The molecule has 2 aromatic rings. The van der Waals surface area contributed by atoms with Crippen LogP contribution in [0.25, 0.3) is 11.3 Å². The minimum atomic E-state index is -4.80. The third-order valence-electron chi connectivity index (χ3n) is 4.93. The lowest BCUT2D eigenvalue weighted by molar-refractivity contribution is -0.140. The normalized spacial score (nSPS) is 16.2. The Hall–Kier alpha value is -3.68. The fourth-order valence-electron chi connectivity index (χ4n) is 3.32. The van der Waals surface area contributed by atoms with E-state index < -0.39 is 29.4 Å². The Morgan fingerprint density at radius 3 is 2.79 bits per heavy atom. The third kappa shape index (κ3) is 4.33. The molecule has 0 fully saturated rings. The Balaban J connectivity index is 1.41. The van der Waals surface area contributed by atoms with Gasteiger partial charge < -0.3 is 16.4 Å². The number of anilines is 1. The first kappa shape index (κ1) is 22.5. The van der Waals surface area contributed by atoms with E-state index in [0.29, 0.717) is 25.1 Å². The van der Waals surface area contributed by atoms with Crippen LogP contribution in [0.1, 0.15) is 5.56 Å². The molecular formula is C19H17F4N7O2S. The molecule has 0 unspecified atom stereocenters. The van der Waals surface area contributed by atoms with Gasteiger partial charge in [-0.2, -0.15) is 13.2 Å². The van der Waals surface area contributed by atoms with Crippen molar-refractivity contribution in [3.05, 3.63) is 46.5 Å². The number of aromatic nitrogens is 1. The van der Waals surface area contributed by atoms with E-state index in [4.69, 9.17) is 5.73 Å². The zero-order valence-electron chi connectivity index (χ0n) is 17.0. The minimum absolute atomic E-state index is 0.0635. The number of carbonyl (C=O) groups is 2. The van der Waals surface area contributed by atoms with E-state index in [9.17, 15) is 27.2 Å². The molecule has 3 heterocycles. The predicted molar refractivity (Wildman–Crippen MR) is 112 cm³/mol. The maximum Gasteiger partial charge on any atom is 0.419 e. The smallest absolute Gasteiger partial charge is 0.383 e. The SMILES string of the molecule is CN1C(=O)C(NCC(=O)Nc2nc(-c3ccc(C(F)(F)F)c(F)c3)cs2)=C(N)N2CCN=C12. The summed E-state index contributed by atoms with van der Waals surface area (Å²) in [6.07, 6.45) is -4.80. The number of rotatable bonds is 5. The third-order valence-corrected chi connectivity index (χ3v) is 5.69. The molecule has 9 nitrogen and oxygen atoms in total. The largest absolute Gasteiger partial charge is 0.419 e. The standard InChI is InChI=1S/C19H17F4N7O2S/c1-29-16(32)14(15(24)30-5-4-25-18(29)30)26-7-13(31)28-17-27-12(8-33-17)9-2-3-10(11(20)6-9)19(21,22)23/h2-3,6,8,26H,4-5,7,24H2,1H3,(H,27,28,31). The molecule has 174 valence electrons. The Morgan fingerprint density at radius 1 is 1.33 bits per heavy atom. The van der Waals surface area contributed by atoms with Gasteiger partial charge in [0.2, 0.25) is 11.9 Å². The molecule has 4 rings (SSSR count). The topological polar surface area (TPSA) is 116 Å². The van der Waals surface area contributed by atoms with Crippen molar-refractivity contribution in [1.82, 2.24) is 20.1 Å². The molecular weight excluding hydrogens is 466 g/mol. The van der Waals surface area contributed by atoms with Crippen molar-refractivity contribution in [3.8, 4) is 11.3 Å². The van der Waals surface area contributed by atoms with E-state index in [0.717, 1.165) is 23.5 Å². The predicted octanol–water partition coefficient (Wildman–Crippen LogP) is 1.77. The molecule has 14 heteroatoms. The molecule has 2 amide bonds. The van der Waals surface area contributed by atoms with Crippen LogP contribution < -0.4 is 16.4 Å². The highest BCUT2D eigenvalue weighted by molar-refractivity contribution is 7.14. The number of carbonyl (C=O) groups excluding carboxylic acids is 2. The number of halogens is 4. The van der Waals surface area contributed by atoms with Crippen LogP contribution in [-0.2, 0) is 15.8 Å². The second-order valence-electron chi connectivity index (χ2n) is 7.09. The Bertz CT molecular complexity index is 1190. The summed E-state index contributed by atoms with van der Waals surface area (Å²) in [6, 6.07) is 2.48. The number of likely N-dealkylation sites (N-methyl/N-ethyl adjacent to an activating group) is 1. The van der Waals surface area contributed by atoms with Crippen LogP contribution in [0.15, 0.2) is 40.1 Å². The molecule has 1 aromatic carbocycles. The minimum Gasteiger partial charge on any atom is -0.383 e. The molecule has 1 aromatic heterocycles. The van der Waals surface area contributed by atoms with Crippen molar-refractivity contribution in [2.45, 2.75) is 6.18 Å². The summed E-state index contributed by atoms with van der Waals surface area (Å²) in [7, 11) is 1.55. The molecule has 0 spiro atoms. The molecule has 0 aliphatic carbocycles. The maximum atomic E-state index is 13.8. The number of fused-ring (bicyclic) bond motifs is 1. The van der Waals surface area contributed by atoms with Crippen molar-refractivity contribution in [2.75, 3.05) is 32.0 Å². The zero-order chi connectivity index (χ0) is 23.9. The monoisotopic (exact) mass is 483 g/mol. The molecule has 0 saturated heterocycles. The number of nitrogens with zero attached hydrogens (tertiary/aromatic N) is 4. The Kier molecular flexibility index (Phi) is 5.69. The molecule has 33 heavy (non-hydrogen) atoms. The number of hydrogen-bond donors (Lipinski definition) is 3. The lowest BCUT2D eigenvalue weighted by Crippen LogP contribution is -2.53. The van der Waals surface area contributed by atoms with Gasteiger partial charge in [-0.25, -0.2) is 9.37 Å². The van der Waals surface area contributed by atoms with Crippen molar-refractivity contribution >= 4 is 34.2 Å². The summed E-state index contributed by atoms with van der Waals surface area (Å²) >= 11 is 1.01. The Morgan fingerprint density at radius 2 is 2.09 bits per heavy atom. The van der Waals surface area contributed by atoms with Gasteiger partial charge in [0, 0.05) is 24.5 Å². The molecule has 0 radical (unpaired) electrons. The molecule has 0 bridgehead atoms. The van der Waals surface area contributed by atoms with Gasteiger partial charge in [-0.1, -0.05) is 6.07 Å². The van der Waals surface area contributed by atoms with Gasteiger partial charge in [-0.05, 0) is 12.1 Å². The highest BCUT2D eigenvalue weighted by Gasteiger charge is 2.36. The number of guanidine groups is 1. The quantitative estimate of drug-likeness (QED) is 0.559. The highest BCUT2D eigenvalue weighted by atomic mass is 32.1. The average Bonchev–Trinajstić information content (AvgIpc) is 3.41. The molecule has 0 saturated carbocycles. The maximum absolute atomic E-state index is 13.8. The molecule has 2 aliphatic heterocycles. The van der Waals surface area contributed by atoms with Crippen LogP contribution in [0.5, 0.6) is 0 Å². The number of thiazole rings is 1. The lowest BCUT2D eigenvalue weighted by atomic mass is 10.1. The number of benzene rings is 1. The van der Waals surface area contributed by atoms with E-state index in [1.807, 2.05) is 0 Å². The van der Waals surface area contributed by atoms with Crippen LogP contribution in [-0.4, -0.2) is 59.2 Å². The van der Waals surface area contributed by atoms with Crippen LogP contribution in [0, 0.1) is 5.82 Å². The first-order valence-corrected chi connectivity index (χ1v) is 10.4. The number of amides is 2. The van der Waals surface area contributed by atoms with Gasteiger partial charge >= 0.3 is 6.18 Å². The molecule has 0 atom stereocenters. The van der Waals surface area contributed by atoms with E-state index in [1.165, 1.54) is 10.3 Å². The van der Waals surface area contributed by atoms with Crippen molar-refractivity contribution in [2.24, 2.45) is 10.7 Å². The summed E-state index contributed by atoms with van der Waals surface area (Å²) in [4.78, 5) is 36.1. The molecule has 2 aliphatic rings. The van der Waals surface area contributed by atoms with Crippen LogP contribution in [0.2, 0.25) is 0 Å². The summed E-state index contributed by atoms with van der Waals surface area (Å²) < 4.78 is 52.0. The number of hydrogen-bond acceptors (Lipinski definition) is 8. The first-order valence-electron chi connectivity index (χ1n) is 9.52. The van der Waals surface area contributed by atoms with Gasteiger partial charge in [-0.15, -0.1) is 11.3 Å². The van der Waals surface area contributed by atoms with E-state index in [-0.39, 0.29) is 34.5 Å². The number of alkyl halides is 3. The van der Waals surface area contributed by atoms with Gasteiger partial charge in [0.25, 0.3) is 5.91 Å². The summed E-state index contributed by atoms with van der Waals surface area (Å²) in [5.41, 5.74) is 5.07. The van der Waals surface area contributed by atoms with Gasteiger partial charge in [-0.3, -0.25) is 24.4 Å². The Labute approximate surface area is 188 Å². The zero-order valence-corrected chi connectivity index (χ0v) is 17.9. The van der Waals surface area contributed by atoms with Crippen LogP contribution in [0.4, 0.5) is 22.7 Å². The van der Waals surface area contributed by atoms with Gasteiger partial charge in [0.05, 0.1) is 24.3 Å². The second-order valence-corrected chi connectivity index (χ2v) is 7.95. The van der Waals surface area contributed by atoms with E-state index in [2.05, 4.69) is 20.6 Å². The highest BCUT2D eigenvalue weighted by Crippen LogP contribution is 2.34. The number of aliphatic imine (C=N–C) groups is 1. The molecule has 4 N–H and O–H groups in total. The summed E-state index contributed by atoms with van der Waals surface area (Å²) in [5, 5.41) is 6.87. The summed E-state index contributed by atoms with van der Waals surface area (Å²) in [6.45, 7) is 0.721. The number of nitrogens with one attached hydrogen (secondary N) is 2. The van der Waals surface area contributed by atoms with Crippen LogP contribution in [0.3, 0.4) is 0 Å². The van der Waals surface area contributed by atoms with Gasteiger partial charge in [0.15, 0.2) is 5.13 Å². The average molecular weight is 483 g/mol. The fraction of sp³-hybridized carbons (Fsp3) is 0.263. The fourth-order valence-corrected chi connectivity index (χ4v) is 4.06. The lowest BCUT2D eigenvalue weighted by Gasteiger charge is -2.33.